The van der Waals surface area contributed by atoms with Crippen LogP contribution in [0.2, 0.25) is 0 Å². The molecule has 0 atom stereocenters. The number of nitrogens with zero attached hydrogens (tertiary/aromatic N) is 2. The molecule has 4 aromatic rings. The van der Waals surface area contributed by atoms with Crippen LogP contribution in [0.25, 0.3) is 21.3 Å². The van der Waals surface area contributed by atoms with Crippen molar-refractivity contribution < 1.29 is 18.1 Å². The third-order valence-corrected chi connectivity index (χ3v) is 12.6. The lowest BCUT2D eigenvalue weighted by Gasteiger charge is -2.57. The first-order chi connectivity index (χ1) is 22.1. The Morgan fingerprint density at radius 3 is 2.30 bits per heavy atom. The number of benzene rings is 3. The fourth-order valence-electron chi connectivity index (χ4n) is 8.41. The van der Waals surface area contributed by atoms with Gasteiger partial charge in [0.05, 0.1) is 25.0 Å². The zero-order valence-electron chi connectivity index (χ0n) is 25.8. The number of nitro groups is 1. The Morgan fingerprint density at radius 2 is 1.65 bits per heavy atom. The molecule has 3 aromatic carbocycles. The van der Waals surface area contributed by atoms with Gasteiger partial charge in [0.2, 0.25) is 0 Å². The molecule has 0 saturated heterocycles. The number of aryl methyl sites for hydroxylation is 1. The minimum atomic E-state index is -4.36. The van der Waals surface area contributed by atoms with Crippen molar-refractivity contribution in [2.24, 2.45) is 23.2 Å². The number of fused-ring (bicyclic) bond motifs is 1. The van der Waals surface area contributed by atoms with Gasteiger partial charge in [-0.15, -0.1) is 11.3 Å². The van der Waals surface area contributed by atoms with Gasteiger partial charge in [0.25, 0.3) is 21.6 Å². The van der Waals surface area contributed by atoms with Crippen LogP contribution in [0.15, 0.2) is 65.6 Å². The Labute approximate surface area is 273 Å². The van der Waals surface area contributed by atoms with E-state index in [1.54, 1.807) is 35.6 Å². The summed E-state index contributed by atoms with van der Waals surface area (Å²) in [5.74, 6) is 1.46. The number of sulfonamides is 1. The molecule has 4 aliphatic rings. The van der Waals surface area contributed by atoms with E-state index in [-0.39, 0.29) is 21.6 Å². The number of hydrogen-bond acceptors (Lipinski definition) is 8. The molecule has 4 fully saturated rings. The number of anilines is 1. The molecule has 4 bridgehead atoms. The molecule has 9 nitrogen and oxygen atoms in total. The normalized spacial score (nSPS) is 23.5. The second-order valence-electron chi connectivity index (χ2n) is 13.6. The molecule has 46 heavy (non-hydrogen) atoms. The SMILES string of the molecule is CCCCc1nc2cc(-c3ccc(C(=O)NS(=O)(=O)c4ccc(NCC56CC7CC(CC(C7)C5)C6)c([N+](=O)[O-])c4)cc3)ccc2s1. The summed E-state index contributed by atoms with van der Waals surface area (Å²) in [6.45, 7) is 2.81. The van der Waals surface area contributed by atoms with E-state index in [1.165, 1.54) is 31.4 Å². The quantitative estimate of drug-likeness (QED) is 0.123. The Morgan fingerprint density at radius 1 is 0.978 bits per heavy atom. The highest BCUT2D eigenvalue weighted by molar-refractivity contribution is 7.90. The highest BCUT2D eigenvalue weighted by Gasteiger charge is 2.50. The predicted octanol–water partition coefficient (Wildman–Crippen LogP) is 7.96. The number of rotatable bonds is 11. The van der Waals surface area contributed by atoms with Gasteiger partial charge in [0.15, 0.2) is 0 Å². The van der Waals surface area contributed by atoms with Crippen LogP contribution in [0.1, 0.15) is 73.7 Å². The van der Waals surface area contributed by atoms with Crippen molar-refractivity contribution in [3.63, 3.8) is 0 Å². The first kappa shape index (κ1) is 30.8. The van der Waals surface area contributed by atoms with Gasteiger partial charge in [0, 0.05) is 18.2 Å². The molecular formula is C35H38N4O5S2. The van der Waals surface area contributed by atoms with Crippen LogP contribution in [-0.2, 0) is 16.4 Å². The number of amides is 1. The average molecular weight is 659 g/mol. The van der Waals surface area contributed by atoms with Crippen LogP contribution in [0.4, 0.5) is 11.4 Å². The topological polar surface area (TPSA) is 131 Å². The molecule has 0 spiro atoms. The maximum Gasteiger partial charge on any atom is 0.293 e. The van der Waals surface area contributed by atoms with Gasteiger partial charge in [-0.3, -0.25) is 14.9 Å². The van der Waals surface area contributed by atoms with Crippen LogP contribution in [0.5, 0.6) is 0 Å². The van der Waals surface area contributed by atoms with Crippen molar-refractivity contribution in [3.8, 4) is 11.1 Å². The summed E-state index contributed by atoms with van der Waals surface area (Å²) in [6.07, 6.45) is 10.6. The monoisotopic (exact) mass is 658 g/mol. The first-order valence-corrected chi connectivity index (χ1v) is 18.5. The van der Waals surface area contributed by atoms with Crippen LogP contribution >= 0.6 is 11.3 Å². The van der Waals surface area contributed by atoms with E-state index in [0.717, 1.165) is 88.7 Å². The molecule has 0 unspecified atom stereocenters. The summed E-state index contributed by atoms with van der Waals surface area (Å²) in [7, 11) is -4.36. The number of aromatic nitrogens is 1. The summed E-state index contributed by atoms with van der Waals surface area (Å²) < 4.78 is 29.6. The zero-order valence-corrected chi connectivity index (χ0v) is 27.5. The third kappa shape index (κ3) is 6.14. The van der Waals surface area contributed by atoms with Gasteiger partial charge in [-0.2, -0.15) is 0 Å². The minimum absolute atomic E-state index is 0.155. The molecule has 1 aromatic heterocycles. The molecule has 0 aliphatic heterocycles. The lowest BCUT2D eigenvalue weighted by atomic mass is 9.49. The number of thiazole rings is 1. The van der Waals surface area contributed by atoms with Crippen molar-refractivity contribution in [3.05, 3.63) is 81.3 Å². The largest absolute Gasteiger partial charge is 0.379 e. The Bertz CT molecular complexity index is 1880. The lowest BCUT2D eigenvalue weighted by Crippen LogP contribution is -2.49. The fraction of sp³-hybridized carbons (Fsp3) is 0.429. The first-order valence-electron chi connectivity index (χ1n) is 16.2. The fourth-order valence-corrected chi connectivity index (χ4v) is 10.4. The molecule has 1 heterocycles. The lowest BCUT2D eigenvalue weighted by molar-refractivity contribution is -0.384. The molecular weight excluding hydrogens is 621 g/mol. The van der Waals surface area contributed by atoms with E-state index in [2.05, 4.69) is 17.0 Å². The molecule has 4 saturated carbocycles. The van der Waals surface area contributed by atoms with Crippen LogP contribution in [0, 0.1) is 33.3 Å². The van der Waals surface area contributed by atoms with E-state index in [1.807, 2.05) is 18.2 Å². The smallest absolute Gasteiger partial charge is 0.293 e. The minimum Gasteiger partial charge on any atom is -0.379 e. The van der Waals surface area contributed by atoms with Crippen molar-refractivity contribution >= 4 is 48.9 Å². The average Bonchev–Trinajstić information content (AvgIpc) is 3.44. The van der Waals surface area contributed by atoms with E-state index < -0.39 is 20.9 Å². The number of carbonyl (C=O) groups excluding carboxylic acids is 1. The Kier molecular flexibility index (Phi) is 8.09. The van der Waals surface area contributed by atoms with Gasteiger partial charge in [-0.1, -0.05) is 31.5 Å². The van der Waals surface area contributed by atoms with Crippen molar-refractivity contribution in [1.29, 1.82) is 0 Å². The maximum absolute atomic E-state index is 13.2. The number of hydrogen-bond donors (Lipinski definition) is 2. The zero-order chi connectivity index (χ0) is 32.1. The van der Waals surface area contributed by atoms with Crippen molar-refractivity contribution in [2.75, 3.05) is 11.9 Å². The van der Waals surface area contributed by atoms with Crippen molar-refractivity contribution in [2.45, 2.75) is 69.6 Å². The van der Waals surface area contributed by atoms with Gasteiger partial charge in [-0.05, 0) is 122 Å². The van der Waals surface area contributed by atoms with E-state index in [4.69, 9.17) is 4.98 Å². The highest BCUT2D eigenvalue weighted by atomic mass is 32.2. The van der Waals surface area contributed by atoms with E-state index >= 15 is 0 Å². The molecule has 4 aliphatic carbocycles. The Balaban J connectivity index is 1.03. The van der Waals surface area contributed by atoms with Crippen LogP contribution < -0.4 is 10.0 Å². The predicted molar refractivity (Wildman–Crippen MR) is 181 cm³/mol. The second-order valence-corrected chi connectivity index (χ2v) is 16.4. The van der Waals surface area contributed by atoms with E-state index in [0.29, 0.717) is 12.2 Å². The number of unbranched alkanes of at least 4 members (excludes halogenated alkanes) is 1. The summed E-state index contributed by atoms with van der Waals surface area (Å²) in [5, 5.41) is 16.4. The maximum atomic E-state index is 13.2. The number of nitrogens with one attached hydrogen (secondary N) is 2. The number of nitro benzene ring substituents is 1. The highest BCUT2D eigenvalue weighted by Crippen LogP contribution is 2.60. The molecule has 1 amide bonds. The van der Waals surface area contributed by atoms with Gasteiger partial charge < -0.3 is 5.32 Å². The van der Waals surface area contributed by atoms with Crippen LogP contribution in [-0.4, -0.2) is 30.8 Å². The van der Waals surface area contributed by atoms with Gasteiger partial charge >= 0.3 is 0 Å². The molecule has 2 N–H and O–H groups in total. The summed E-state index contributed by atoms with van der Waals surface area (Å²) >= 11 is 1.70. The summed E-state index contributed by atoms with van der Waals surface area (Å²) in [4.78, 5) is 28.9. The molecule has 8 rings (SSSR count). The third-order valence-electron chi connectivity index (χ3n) is 10.2. The second kappa shape index (κ2) is 12.1. The van der Waals surface area contributed by atoms with Crippen molar-refractivity contribution in [1.82, 2.24) is 9.71 Å². The van der Waals surface area contributed by atoms with Crippen LogP contribution in [0.3, 0.4) is 0 Å². The molecule has 0 radical (unpaired) electrons. The van der Waals surface area contributed by atoms with Gasteiger partial charge in [-0.25, -0.2) is 18.1 Å². The number of carbonyl (C=O) groups is 1. The van der Waals surface area contributed by atoms with Gasteiger partial charge in [0.1, 0.15) is 5.69 Å². The molecule has 240 valence electrons. The summed E-state index contributed by atoms with van der Waals surface area (Å²) in [5.41, 5.74) is 3.05. The standard InChI is InChI=1S/C35H38N4O5S2/c1-2-3-4-33-37-30-16-27(9-12-32(30)45-33)25-5-7-26(8-6-25)34(40)38-46(43,44)28-10-11-29(31(17-28)39(41)42)36-21-35-18-22-13-23(19-35)15-24(14-22)20-35/h5-12,16-17,22-24,36H,2-4,13-15,18-21H2,1H3,(H,38,40). The Hall–Kier alpha value is -3.83. The van der Waals surface area contributed by atoms with E-state index in [9.17, 15) is 23.3 Å². The molecule has 11 heteroatoms. The summed E-state index contributed by atoms with van der Waals surface area (Å²) in [6, 6.07) is 16.5.